The lowest BCUT2D eigenvalue weighted by Gasteiger charge is -2.55. The largest absolute Gasteiger partial charge is 0.465 e. The molecule has 0 amide bonds. The molecule has 0 aromatic heterocycles. The Kier molecular flexibility index (Phi) is 10.9. The van der Waals surface area contributed by atoms with Gasteiger partial charge in [-0.2, -0.15) is 0 Å². The first-order chi connectivity index (χ1) is 14.3. The monoisotopic (exact) mass is 499 g/mol. The zero-order chi connectivity index (χ0) is 21.6. The van der Waals surface area contributed by atoms with Crippen molar-refractivity contribution in [3.63, 3.8) is 0 Å². The van der Waals surface area contributed by atoms with Gasteiger partial charge in [-0.25, -0.2) is 0 Å². The summed E-state index contributed by atoms with van der Waals surface area (Å²) < 4.78 is 5.94. The maximum Gasteiger partial charge on any atom is 0.312 e. The van der Waals surface area contributed by atoms with Crippen molar-refractivity contribution in [2.75, 3.05) is 6.61 Å². The molecule has 4 rings (SSSR count). The zero-order valence-electron chi connectivity index (χ0n) is 20.6. The van der Waals surface area contributed by atoms with Crippen LogP contribution in [0.1, 0.15) is 124 Å². The molecule has 1 atom stereocenters. The van der Waals surface area contributed by atoms with E-state index in [9.17, 15) is 4.79 Å². The Morgan fingerprint density at radius 3 is 1.87 bits per heavy atom. The van der Waals surface area contributed by atoms with E-state index in [0.717, 1.165) is 49.9 Å². The fourth-order valence-corrected chi connectivity index (χ4v) is 7.22. The average molecular weight is 501 g/mol. The number of carbonyl (C=O) groups excluding carboxylic acids is 1. The zero-order valence-corrected chi connectivity index (χ0v) is 22.3. The number of unbranched alkanes of at least 4 members (excludes halogenated alkanes) is 7. The van der Waals surface area contributed by atoms with E-state index < -0.39 is 0 Å². The SMILES string of the molecule is Br.CCCCCCCCCCC(CCOC(=O)C12CC3CC(CC(C3)C1)C2)C(C)(C)N. The number of esters is 1. The van der Waals surface area contributed by atoms with E-state index in [1.807, 2.05) is 0 Å². The highest BCUT2D eigenvalue weighted by Gasteiger charge is 2.55. The third kappa shape index (κ3) is 7.73. The van der Waals surface area contributed by atoms with Crippen molar-refractivity contribution in [3.8, 4) is 0 Å². The molecule has 0 aromatic carbocycles. The molecule has 31 heavy (non-hydrogen) atoms. The van der Waals surface area contributed by atoms with Crippen LogP contribution in [-0.2, 0) is 9.53 Å². The molecule has 4 aliphatic carbocycles. The van der Waals surface area contributed by atoms with Crippen molar-refractivity contribution in [3.05, 3.63) is 0 Å². The summed E-state index contributed by atoms with van der Waals surface area (Å²) in [5.74, 6) is 2.94. The fraction of sp³-hybridized carbons (Fsp3) is 0.963. The van der Waals surface area contributed by atoms with Gasteiger partial charge in [0.25, 0.3) is 0 Å². The standard InChI is InChI=1S/C27H49NO2.BrH/c1-4-5-6-7-8-9-10-11-12-24(26(2,3)28)13-14-30-25(29)27-18-21-15-22(19-27)17-23(16-21)20-27;/h21-24H,4-20,28H2,1-3H3;1H. The molecule has 0 saturated heterocycles. The second-order valence-corrected chi connectivity index (χ2v) is 11.9. The number of nitrogens with two attached hydrogens (primary N) is 1. The van der Waals surface area contributed by atoms with Crippen LogP contribution in [0.4, 0.5) is 0 Å². The maximum atomic E-state index is 13.1. The number of halogens is 1. The number of rotatable bonds is 14. The Bertz CT molecular complexity index is 507. The Morgan fingerprint density at radius 2 is 1.39 bits per heavy atom. The van der Waals surface area contributed by atoms with Crippen molar-refractivity contribution in [1.29, 1.82) is 0 Å². The van der Waals surface area contributed by atoms with Gasteiger partial charge in [-0.1, -0.05) is 58.3 Å². The number of hydrogen-bond donors (Lipinski definition) is 1. The molecule has 2 N–H and O–H groups in total. The number of ether oxygens (including phenoxy) is 1. The molecule has 0 radical (unpaired) electrons. The summed E-state index contributed by atoms with van der Waals surface area (Å²) in [5.41, 5.74) is 6.17. The van der Waals surface area contributed by atoms with Crippen LogP contribution in [0.5, 0.6) is 0 Å². The number of hydrogen-bond acceptors (Lipinski definition) is 3. The molecule has 4 aliphatic rings. The molecule has 0 aromatic rings. The second kappa shape index (κ2) is 12.4. The lowest BCUT2D eigenvalue weighted by molar-refractivity contribution is -0.172. The summed E-state index contributed by atoms with van der Waals surface area (Å²) >= 11 is 0. The summed E-state index contributed by atoms with van der Waals surface area (Å²) in [5, 5.41) is 0. The summed E-state index contributed by atoms with van der Waals surface area (Å²) in [6, 6.07) is 0. The molecule has 4 saturated carbocycles. The lowest BCUT2D eigenvalue weighted by atomic mass is 9.49. The molecule has 4 fully saturated rings. The minimum absolute atomic E-state index is 0. The highest BCUT2D eigenvalue weighted by atomic mass is 79.9. The molecule has 0 aliphatic heterocycles. The summed E-state index contributed by atoms with van der Waals surface area (Å²) in [4.78, 5) is 13.1. The average Bonchev–Trinajstić information content (AvgIpc) is 2.66. The van der Waals surface area contributed by atoms with E-state index in [4.69, 9.17) is 10.5 Å². The predicted octanol–water partition coefficient (Wildman–Crippen LogP) is 7.60. The van der Waals surface area contributed by atoms with Crippen LogP contribution in [0.2, 0.25) is 0 Å². The molecular weight excluding hydrogens is 450 g/mol. The summed E-state index contributed by atoms with van der Waals surface area (Å²) in [7, 11) is 0. The van der Waals surface area contributed by atoms with Gasteiger partial charge in [-0.15, -0.1) is 17.0 Å². The Morgan fingerprint density at radius 1 is 0.903 bits per heavy atom. The van der Waals surface area contributed by atoms with E-state index in [0.29, 0.717) is 12.5 Å². The molecule has 3 nitrogen and oxygen atoms in total. The van der Waals surface area contributed by atoms with E-state index in [2.05, 4.69) is 20.8 Å². The van der Waals surface area contributed by atoms with Gasteiger partial charge in [0.1, 0.15) is 0 Å². The maximum absolute atomic E-state index is 13.1. The molecule has 182 valence electrons. The third-order valence-electron chi connectivity index (χ3n) is 8.63. The lowest BCUT2D eigenvalue weighted by Crippen LogP contribution is -2.50. The van der Waals surface area contributed by atoms with Crippen LogP contribution in [0.3, 0.4) is 0 Å². The van der Waals surface area contributed by atoms with Crippen LogP contribution in [0.15, 0.2) is 0 Å². The predicted molar refractivity (Wildman–Crippen MR) is 135 cm³/mol. The van der Waals surface area contributed by atoms with E-state index in [1.54, 1.807) is 0 Å². The number of carbonyl (C=O) groups is 1. The van der Waals surface area contributed by atoms with Crippen LogP contribution < -0.4 is 5.73 Å². The van der Waals surface area contributed by atoms with E-state index in [1.165, 1.54) is 70.6 Å². The van der Waals surface area contributed by atoms with Gasteiger partial charge in [0.15, 0.2) is 0 Å². The summed E-state index contributed by atoms with van der Waals surface area (Å²) in [6.45, 7) is 7.12. The molecule has 0 heterocycles. The minimum Gasteiger partial charge on any atom is -0.465 e. The van der Waals surface area contributed by atoms with Crippen molar-refractivity contribution in [2.45, 2.75) is 129 Å². The first-order valence-corrected chi connectivity index (χ1v) is 13.3. The Labute approximate surface area is 202 Å². The van der Waals surface area contributed by atoms with Gasteiger partial charge in [0.2, 0.25) is 0 Å². The molecule has 4 heteroatoms. The quantitative estimate of drug-likeness (QED) is 0.197. The molecule has 1 unspecified atom stereocenters. The molecule has 4 bridgehead atoms. The van der Waals surface area contributed by atoms with Crippen molar-refractivity contribution in [1.82, 2.24) is 0 Å². The Balaban J connectivity index is 0.00000341. The first-order valence-electron chi connectivity index (χ1n) is 13.3. The van der Waals surface area contributed by atoms with Crippen molar-refractivity contribution in [2.24, 2.45) is 34.8 Å². The second-order valence-electron chi connectivity index (χ2n) is 11.9. The van der Waals surface area contributed by atoms with Gasteiger partial charge >= 0.3 is 5.97 Å². The first kappa shape index (κ1) is 27.2. The highest BCUT2D eigenvalue weighted by Crippen LogP contribution is 2.60. The van der Waals surface area contributed by atoms with Crippen LogP contribution in [-0.4, -0.2) is 18.1 Å². The molecule has 0 spiro atoms. The Hall–Kier alpha value is -0.0900. The minimum atomic E-state index is -0.200. The van der Waals surface area contributed by atoms with E-state index in [-0.39, 0.29) is 33.9 Å². The van der Waals surface area contributed by atoms with Gasteiger partial charge in [-0.05, 0) is 88.9 Å². The topological polar surface area (TPSA) is 52.3 Å². The van der Waals surface area contributed by atoms with Gasteiger partial charge in [-0.3, -0.25) is 4.79 Å². The van der Waals surface area contributed by atoms with Gasteiger partial charge in [0, 0.05) is 5.54 Å². The van der Waals surface area contributed by atoms with Crippen molar-refractivity contribution >= 4 is 23.0 Å². The smallest absolute Gasteiger partial charge is 0.312 e. The van der Waals surface area contributed by atoms with Crippen LogP contribution >= 0.6 is 17.0 Å². The van der Waals surface area contributed by atoms with Gasteiger partial charge in [0.05, 0.1) is 12.0 Å². The molecular formula is C27H50BrNO2. The third-order valence-corrected chi connectivity index (χ3v) is 8.63. The normalized spacial score (nSPS) is 30.1. The van der Waals surface area contributed by atoms with Crippen LogP contribution in [0, 0.1) is 29.1 Å². The van der Waals surface area contributed by atoms with Crippen LogP contribution in [0.25, 0.3) is 0 Å². The van der Waals surface area contributed by atoms with Crippen molar-refractivity contribution < 1.29 is 9.53 Å². The van der Waals surface area contributed by atoms with Gasteiger partial charge < -0.3 is 10.5 Å². The summed E-state index contributed by atoms with van der Waals surface area (Å²) in [6.07, 6.45) is 20.3. The highest BCUT2D eigenvalue weighted by molar-refractivity contribution is 8.93. The fourth-order valence-electron chi connectivity index (χ4n) is 7.22. The van der Waals surface area contributed by atoms with E-state index >= 15 is 0 Å².